The number of hydrogen-bond donors (Lipinski definition) is 1. The summed E-state index contributed by atoms with van der Waals surface area (Å²) in [5.74, 6) is -1.32. The number of aryl methyl sites for hydroxylation is 1. The van der Waals surface area contributed by atoms with Gasteiger partial charge in [0.05, 0.1) is 6.42 Å². The third kappa shape index (κ3) is 4.14. The van der Waals surface area contributed by atoms with Crippen molar-refractivity contribution in [2.45, 2.75) is 13.3 Å². The van der Waals surface area contributed by atoms with Gasteiger partial charge >= 0.3 is 5.97 Å². The second-order valence-corrected chi connectivity index (χ2v) is 4.75. The van der Waals surface area contributed by atoms with Crippen LogP contribution in [0.25, 0.3) is 0 Å². The number of amides is 1. The predicted octanol–water partition coefficient (Wildman–Crippen LogP) is 2.05. The molecule has 0 fully saturated rings. The Balaban J connectivity index is 2.21. The van der Waals surface area contributed by atoms with Crippen molar-refractivity contribution < 1.29 is 14.7 Å². The number of aromatic nitrogens is 1. The Hall–Kier alpha value is -2.69. The number of aliphatic carboxylic acids is 1. The van der Waals surface area contributed by atoms with E-state index in [2.05, 4.69) is 4.98 Å². The molecule has 0 aliphatic heterocycles. The standard InChI is InChI=1S/C16H16N2O3/c1-12-4-6-14(7-5-12)18(11-16(20)21)15(19)9-13-3-2-8-17-10-13/h2-8,10H,9,11H2,1H3,(H,20,21). The van der Waals surface area contributed by atoms with Crippen molar-refractivity contribution in [3.8, 4) is 0 Å². The summed E-state index contributed by atoms with van der Waals surface area (Å²) in [5, 5.41) is 9.01. The minimum Gasteiger partial charge on any atom is -0.480 e. The fraction of sp³-hybridized carbons (Fsp3) is 0.188. The number of nitrogens with zero attached hydrogens (tertiary/aromatic N) is 2. The second-order valence-electron chi connectivity index (χ2n) is 4.75. The molecular formula is C16H16N2O3. The number of benzene rings is 1. The van der Waals surface area contributed by atoms with E-state index in [1.165, 1.54) is 4.90 Å². The maximum Gasteiger partial charge on any atom is 0.323 e. The van der Waals surface area contributed by atoms with Crippen LogP contribution in [0.4, 0.5) is 5.69 Å². The lowest BCUT2D eigenvalue weighted by molar-refractivity contribution is -0.136. The Bertz CT molecular complexity index is 624. The van der Waals surface area contributed by atoms with Crippen LogP contribution in [0, 0.1) is 6.92 Å². The zero-order valence-corrected chi connectivity index (χ0v) is 11.7. The van der Waals surface area contributed by atoms with Crippen molar-refractivity contribution in [3.63, 3.8) is 0 Å². The highest BCUT2D eigenvalue weighted by molar-refractivity contribution is 5.98. The fourth-order valence-electron chi connectivity index (χ4n) is 1.96. The molecule has 21 heavy (non-hydrogen) atoms. The lowest BCUT2D eigenvalue weighted by atomic mass is 10.1. The first kappa shape index (κ1) is 14.7. The van der Waals surface area contributed by atoms with Gasteiger partial charge in [0.25, 0.3) is 0 Å². The van der Waals surface area contributed by atoms with Gasteiger partial charge in [0, 0.05) is 18.1 Å². The van der Waals surface area contributed by atoms with Gasteiger partial charge in [0.1, 0.15) is 6.54 Å². The molecule has 1 aromatic heterocycles. The molecule has 5 nitrogen and oxygen atoms in total. The lowest BCUT2D eigenvalue weighted by Gasteiger charge is -2.21. The molecule has 0 saturated heterocycles. The molecule has 1 aromatic carbocycles. The van der Waals surface area contributed by atoms with Crippen LogP contribution in [0.5, 0.6) is 0 Å². The first-order valence-corrected chi connectivity index (χ1v) is 6.54. The molecule has 0 spiro atoms. The average Bonchev–Trinajstić information content (AvgIpc) is 2.46. The van der Waals surface area contributed by atoms with Crippen LogP contribution in [0.3, 0.4) is 0 Å². The summed E-state index contributed by atoms with van der Waals surface area (Å²) in [6, 6.07) is 10.7. The molecule has 0 aliphatic rings. The molecule has 0 aliphatic carbocycles. The number of carboxylic acids is 1. The Labute approximate surface area is 122 Å². The van der Waals surface area contributed by atoms with Gasteiger partial charge in [-0.15, -0.1) is 0 Å². The number of anilines is 1. The zero-order valence-electron chi connectivity index (χ0n) is 11.7. The maximum atomic E-state index is 12.4. The predicted molar refractivity (Wildman–Crippen MR) is 79.1 cm³/mol. The highest BCUT2D eigenvalue weighted by atomic mass is 16.4. The topological polar surface area (TPSA) is 70.5 Å². The summed E-state index contributed by atoms with van der Waals surface area (Å²) >= 11 is 0. The third-order valence-electron chi connectivity index (χ3n) is 3.02. The molecular weight excluding hydrogens is 268 g/mol. The smallest absolute Gasteiger partial charge is 0.323 e. The molecule has 1 amide bonds. The van der Waals surface area contributed by atoms with E-state index in [0.29, 0.717) is 5.69 Å². The summed E-state index contributed by atoms with van der Waals surface area (Å²) in [5.41, 5.74) is 2.38. The number of rotatable bonds is 5. The van der Waals surface area contributed by atoms with Crippen molar-refractivity contribution in [1.29, 1.82) is 0 Å². The SMILES string of the molecule is Cc1ccc(N(CC(=O)O)C(=O)Cc2cccnc2)cc1. The Morgan fingerprint density at radius 1 is 1.19 bits per heavy atom. The minimum absolute atomic E-state index is 0.120. The monoisotopic (exact) mass is 284 g/mol. The molecule has 1 N–H and O–H groups in total. The molecule has 0 bridgehead atoms. The quantitative estimate of drug-likeness (QED) is 0.912. The van der Waals surface area contributed by atoms with E-state index >= 15 is 0 Å². The third-order valence-corrected chi connectivity index (χ3v) is 3.02. The van der Waals surface area contributed by atoms with E-state index in [9.17, 15) is 9.59 Å². The van der Waals surface area contributed by atoms with Gasteiger partial charge in [0.15, 0.2) is 0 Å². The first-order chi connectivity index (χ1) is 10.1. The molecule has 2 rings (SSSR count). The molecule has 0 atom stereocenters. The van der Waals surface area contributed by atoms with Crippen molar-refractivity contribution in [2.24, 2.45) is 0 Å². The van der Waals surface area contributed by atoms with Gasteiger partial charge in [-0.25, -0.2) is 0 Å². The summed E-state index contributed by atoms with van der Waals surface area (Å²) < 4.78 is 0. The van der Waals surface area contributed by atoms with Crippen molar-refractivity contribution in [2.75, 3.05) is 11.4 Å². The van der Waals surface area contributed by atoms with E-state index in [0.717, 1.165) is 11.1 Å². The van der Waals surface area contributed by atoms with Crippen LogP contribution in [0.1, 0.15) is 11.1 Å². The van der Waals surface area contributed by atoms with Crippen LogP contribution in [0.2, 0.25) is 0 Å². The molecule has 0 saturated carbocycles. The number of carboxylic acid groups (broad SMARTS) is 1. The fourth-order valence-corrected chi connectivity index (χ4v) is 1.96. The van der Waals surface area contributed by atoms with Crippen LogP contribution in [-0.4, -0.2) is 28.5 Å². The normalized spacial score (nSPS) is 10.1. The first-order valence-electron chi connectivity index (χ1n) is 6.54. The van der Waals surface area contributed by atoms with Crippen molar-refractivity contribution in [3.05, 3.63) is 59.9 Å². The molecule has 5 heteroatoms. The van der Waals surface area contributed by atoms with Gasteiger partial charge in [-0.05, 0) is 30.7 Å². The highest BCUT2D eigenvalue weighted by Crippen LogP contribution is 2.16. The maximum absolute atomic E-state index is 12.4. The van der Waals surface area contributed by atoms with Gasteiger partial charge in [-0.2, -0.15) is 0 Å². The summed E-state index contributed by atoms with van der Waals surface area (Å²) in [7, 11) is 0. The Kier molecular flexibility index (Phi) is 4.66. The molecule has 0 unspecified atom stereocenters. The summed E-state index contributed by atoms with van der Waals surface area (Å²) in [6.07, 6.45) is 3.35. The van der Waals surface area contributed by atoms with Crippen molar-refractivity contribution in [1.82, 2.24) is 4.98 Å². The highest BCUT2D eigenvalue weighted by Gasteiger charge is 2.19. The number of carbonyl (C=O) groups excluding carboxylic acids is 1. The van der Waals surface area contributed by atoms with Gasteiger partial charge in [0.2, 0.25) is 5.91 Å². The minimum atomic E-state index is -1.05. The van der Waals surface area contributed by atoms with Crippen LogP contribution < -0.4 is 4.90 Å². The Morgan fingerprint density at radius 3 is 2.48 bits per heavy atom. The van der Waals surface area contributed by atoms with Gasteiger partial charge in [-0.1, -0.05) is 23.8 Å². The average molecular weight is 284 g/mol. The van der Waals surface area contributed by atoms with E-state index < -0.39 is 5.97 Å². The molecule has 108 valence electrons. The number of hydrogen-bond acceptors (Lipinski definition) is 3. The van der Waals surface area contributed by atoms with Crippen LogP contribution in [-0.2, 0) is 16.0 Å². The van der Waals surface area contributed by atoms with Crippen LogP contribution >= 0.6 is 0 Å². The van der Waals surface area contributed by atoms with Crippen LogP contribution in [0.15, 0.2) is 48.8 Å². The largest absolute Gasteiger partial charge is 0.480 e. The van der Waals surface area contributed by atoms with E-state index in [1.807, 2.05) is 19.1 Å². The zero-order chi connectivity index (χ0) is 15.2. The molecule has 2 aromatic rings. The van der Waals surface area contributed by atoms with Gasteiger partial charge in [-0.3, -0.25) is 14.6 Å². The summed E-state index contributed by atoms with van der Waals surface area (Å²) in [6.45, 7) is 1.57. The van der Waals surface area contributed by atoms with E-state index in [4.69, 9.17) is 5.11 Å². The van der Waals surface area contributed by atoms with Gasteiger partial charge < -0.3 is 10.0 Å². The van der Waals surface area contributed by atoms with Crippen molar-refractivity contribution >= 4 is 17.6 Å². The van der Waals surface area contributed by atoms with E-state index in [1.54, 1.807) is 36.7 Å². The second kappa shape index (κ2) is 6.65. The van der Waals surface area contributed by atoms with E-state index in [-0.39, 0.29) is 18.9 Å². The molecule has 1 heterocycles. The Morgan fingerprint density at radius 2 is 1.90 bits per heavy atom. The summed E-state index contributed by atoms with van der Waals surface area (Å²) in [4.78, 5) is 28.6. The number of pyridine rings is 1. The molecule has 0 radical (unpaired) electrons. The number of carbonyl (C=O) groups is 2. The lowest BCUT2D eigenvalue weighted by Crippen LogP contribution is -2.36.